The van der Waals surface area contributed by atoms with Crippen LogP contribution in [0.5, 0.6) is 11.5 Å². The van der Waals surface area contributed by atoms with Crippen molar-refractivity contribution in [3.63, 3.8) is 0 Å². The quantitative estimate of drug-likeness (QED) is 0.181. The van der Waals surface area contributed by atoms with Gasteiger partial charge in [0.2, 0.25) is 0 Å². The molecule has 0 aromatic heterocycles. The van der Waals surface area contributed by atoms with Gasteiger partial charge in [-0.1, -0.05) is 72.1 Å². The molecule has 232 valence electrons. The van der Waals surface area contributed by atoms with E-state index in [1.165, 1.54) is 58.1 Å². The Labute approximate surface area is 255 Å². The lowest BCUT2D eigenvalue weighted by atomic mass is 9.47. The molecule has 9 atom stereocenters. The van der Waals surface area contributed by atoms with E-state index < -0.39 is 0 Å². The van der Waals surface area contributed by atoms with Gasteiger partial charge >= 0.3 is 5.97 Å². The second-order valence-electron chi connectivity index (χ2n) is 15.3. The number of allylic oxidation sites excluding steroid dienone is 1. The van der Waals surface area contributed by atoms with E-state index in [1.807, 2.05) is 0 Å². The molecule has 5 rings (SSSR count). The van der Waals surface area contributed by atoms with Gasteiger partial charge in [0.25, 0.3) is 0 Å². The van der Waals surface area contributed by atoms with Gasteiger partial charge in [0.15, 0.2) is 11.5 Å². The molecule has 4 nitrogen and oxygen atoms in total. The molecule has 1 N–H and O–H groups in total. The van der Waals surface area contributed by atoms with Crippen LogP contribution in [0, 0.1) is 52.3 Å². The number of methoxy groups -OCH3 is 1. The average Bonchev–Trinajstić information content (AvgIpc) is 3.32. The van der Waals surface area contributed by atoms with Crippen LogP contribution in [-0.2, 0) is 9.53 Å². The Hall–Kier alpha value is -2.23. The highest BCUT2D eigenvalue weighted by Gasteiger charge is 2.59. The van der Waals surface area contributed by atoms with Crippen LogP contribution < -0.4 is 4.74 Å². The SMILES string of the molecule is COc1cc(/C=C/C(=O)OC2CCC3(C)C(=CCC4C3CCC3(C)C4CCC3[C@H](C)CCC(C)C(C)C)C2)ccc1O. The van der Waals surface area contributed by atoms with Crippen molar-refractivity contribution in [3.05, 3.63) is 41.5 Å². The number of esters is 1. The largest absolute Gasteiger partial charge is 0.504 e. The predicted molar refractivity (Wildman–Crippen MR) is 171 cm³/mol. The minimum atomic E-state index is -0.299. The molecule has 0 aliphatic heterocycles. The van der Waals surface area contributed by atoms with Crippen LogP contribution >= 0.6 is 0 Å². The fourth-order valence-electron chi connectivity index (χ4n) is 9.93. The highest BCUT2D eigenvalue weighted by atomic mass is 16.5. The number of aromatic hydroxyl groups is 1. The average molecular weight is 577 g/mol. The number of carbonyl (C=O) groups is 1. The lowest BCUT2D eigenvalue weighted by molar-refractivity contribution is -0.145. The number of hydrogen-bond donors (Lipinski definition) is 1. The summed E-state index contributed by atoms with van der Waals surface area (Å²) in [5, 5.41) is 9.81. The minimum Gasteiger partial charge on any atom is -0.504 e. The van der Waals surface area contributed by atoms with Crippen molar-refractivity contribution in [1.29, 1.82) is 0 Å². The fourth-order valence-corrected chi connectivity index (χ4v) is 9.93. The first kappa shape index (κ1) is 31.2. The topological polar surface area (TPSA) is 55.8 Å². The van der Waals surface area contributed by atoms with Crippen molar-refractivity contribution in [2.75, 3.05) is 7.11 Å². The van der Waals surface area contributed by atoms with Gasteiger partial charge in [0, 0.05) is 12.5 Å². The molecule has 1 aromatic carbocycles. The number of hydrogen-bond acceptors (Lipinski definition) is 4. The smallest absolute Gasteiger partial charge is 0.331 e. The maximum Gasteiger partial charge on any atom is 0.331 e. The van der Waals surface area contributed by atoms with Crippen molar-refractivity contribution >= 4 is 12.0 Å². The highest BCUT2D eigenvalue weighted by Crippen LogP contribution is 2.67. The third kappa shape index (κ3) is 5.93. The summed E-state index contributed by atoms with van der Waals surface area (Å²) in [5.41, 5.74) is 3.09. The Morgan fingerprint density at radius 3 is 2.57 bits per heavy atom. The van der Waals surface area contributed by atoms with Crippen LogP contribution in [-0.4, -0.2) is 24.3 Å². The first-order valence-corrected chi connectivity index (χ1v) is 16.9. The minimum absolute atomic E-state index is 0.0498. The van der Waals surface area contributed by atoms with E-state index in [-0.39, 0.29) is 23.2 Å². The van der Waals surface area contributed by atoms with Crippen molar-refractivity contribution in [3.8, 4) is 11.5 Å². The normalized spacial score (nSPS) is 35.6. The molecule has 4 aliphatic rings. The Bertz CT molecular complexity index is 1180. The van der Waals surface area contributed by atoms with Gasteiger partial charge in [-0.25, -0.2) is 4.79 Å². The number of benzene rings is 1. The monoisotopic (exact) mass is 576 g/mol. The third-order valence-corrected chi connectivity index (χ3v) is 12.9. The molecule has 0 bridgehead atoms. The van der Waals surface area contributed by atoms with E-state index in [0.29, 0.717) is 11.2 Å². The lowest BCUT2D eigenvalue weighted by Crippen LogP contribution is -2.51. The zero-order valence-electron chi connectivity index (χ0n) is 27.3. The van der Waals surface area contributed by atoms with Crippen molar-refractivity contribution in [2.24, 2.45) is 52.3 Å². The maximum absolute atomic E-state index is 12.7. The van der Waals surface area contributed by atoms with Crippen LogP contribution in [0.15, 0.2) is 35.9 Å². The van der Waals surface area contributed by atoms with Crippen LogP contribution in [0.1, 0.15) is 111 Å². The molecular formula is C38H56O4. The molecule has 0 spiro atoms. The summed E-state index contributed by atoms with van der Waals surface area (Å²) in [6, 6.07) is 5.04. The van der Waals surface area contributed by atoms with Crippen LogP contribution in [0.2, 0.25) is 0 Å². The number of phenolic OH excluding ortho intramolecular Hbond substituents is 1. The van der Waals surface area contributed by atoms with E-state index in [4.69, 9.17) is 9.47 Å². The number of rotatable bonds is 9. The molecule has 0 saturated heterocycles. The van der Waals surface area contributed by atoms with Crippen molar-refractivity contribution in [1.82, 2.24) is 0 Å². The molecule has 3 fully saturated rings. The summed E-state index contributed by atoms with van der Waals surface area (Å²) in [5.74, 6) is 5.94. The van der Waals surface area contributed by atoms with Crippen LogP contribution in [0.25, 0.3) is 6.08 Å². The summed E-state index contributed by atoms with van der Waals surface area (Å²) < 4.78 is 11.1. The lowest BCUT2D eigenvalue weighted by Gasteiger charge is -2.58. The third-order valence-electron chi connectivity index (χ3n) is 12.9. The molecule has 8 unspecified atom stereocenters. The van der Waals surface area contributed by atoms with E-state index >= 15 is 0 Å². The fraction of sp³-hybridized carbons (Fsp3) is 0.711. The Morgan fingerprint density at radius 2 is 1.83 bits per heavy atom. The zero-order valence-corrected chi connectivity index (χ0v) is 27.3. The maximum atomic E-state index is 12.7. The molecule has 0 heterocycles. The highest BCUT2D eigenvalue weighted by molar-refractivity contribution is 5.87. The van der Waals surface area contributed by atoms with Gasteiger partial charge in [-0.05, 0) is 121 Å². The van der Waals surface area contributed by atoms with Crippen LogP contribution in [0.4, 0.5) is 0 Å². The van der Waals surface area contributed by atoms with Crippen LogP contribution in [0.3, 0.4) is 0 Å². The van der Waals surface area contributed by atoms with Crippen molar-refractivity contribution < 1.29 is 19.4 Å². The summed E-state index contributed by atoms with van der Waals surface area (Å²) >= 11 is 0. The first-order chi connectivity index (χ1) is 20.0. The Balaban J connectivity index is 1.21. The second-order valence-corrected chi connectivity index (χ2v) is 15.3. The molecule has 0 amide bonds. The van der Waals surface area contributed by atoms with Gasteiger partial charge in [-0.15, -0.1) is 0 Å². The van der Waals surface area contributed by atoms with Gasteiger partial charge in [-0.2, -0.15) is 0 Å². The Morgan fingerprint density at radius 1 is 1.05 bits per heavy atom. The van der Waals surface area contributed by atoms with Gasteiger partial charge in [0.1, 0.15) is 6.10 Å². The van der Waals surface area contributed by atoms with E-state index in [1.54, 1.807) is 29.8 Å². The van der Waals surface area contributed by atoms with E-state index in [2.05, 4.69) is 47.6 Å². The number of ether oxygens (including phenoxy) is 2. The summed E-state index contributed by atoms with van der Waals surface area (Å²) in [4.78, 5) is 12.7. The zero-order chi connectivity index (χ0) is 30.2. The Kier molecular flexibility index (Phi) is 9.22. The molecular weight excluding hydrogens is 520 g/mol. The van der Waals surface area contributed by atoms with Gasteiger partial charge in [0.05, 0.1) is 7.11 Å². The first-order valence-electron chi connectivity index (χ1n) is 16.9. The molecule has 4 aliphatic carbocycles. The van der Waals surface area contributed by atoms with Gasteiger partial charge in [-0.3, -0.25) is 0 Å². The van der Waals surface area contributed by atoms with Gasteiger partial charge < -0.3 is 14.6 Å². The summed E-state index contributed by atoms with van der Waals surface area (Å²) in [6.45, 7) is 15.0. The predicted octanol–water partition coefficient (Wildman–Crippen LogP) is 9.61. The summed E-state index contributed by atoms with van der Waals surface area (Å²) in [7, 11) is 1.52. The summed E-state index contributed by atoms with van der Waals surface area (Å²) in [6.07, 6.45) is 18.3. The standard InChI is InChI=1S/C38H56O4/c1-24(2)25(3)8-9-26(4)31-14-15-32-30-13-12-28-23-29(18-20-37(28,5)33(30)19-21-38(31,32)6)42-36(40)17-11-27-10-16-34(39)35(22-27)41-7/h10-12,16-17,22,24-26,29-33,39H,8-9,13-15,18-21,23H2,1-7H3/b17-11+/t25?,26-,29?,30?,31?,32?,33?,37?,38?/m1/s1. The van der Waals surface area contributed by atoms with E-state index in [0.717, 1.165) is 66.3 Å². The number of fused-ring (bicyclic) bond motifs is 5. The molecule has 0 radical (unpaired) electrons. The molecule has 42 heavy (non-hydrogen) atoms. The van der Waals surface area contributed by atoms with E-state index in [9.17, 15) is 9.90 Å². The second kappa shape index (κ2) is 12.4. The molecule has 3 saturated carbocycles. The van der Waals surface area contributed by atoms with Crippen molar-refractivity contribution in [2.45, 2.75) is 112 Å². The molecule has 1 aromatic rings. The molecule has 4 heteroatoms. The number of phenols is 1. The number of carbonyl (C=O) groups excluding carboxylic acids is 1.